The molecule has 2 rings (SSSR count). The molecule has 0 saturated carbocycles. The minimum Gasteiger partial charge on any atom is -0.360 e. The summed E-state index contributed by atoms with van der Waals surface area (Å²) in [5.74, 6) is 0.284. The molecule has 0 fully saturated rings. The van der Waals surface area contributed by atoms with E-state index in [4.69, 9.17) is 0 Å². The molecule has 8 nitrogen and oxygen atoms in total. The van der Waals surface area contributed by atoms with E-state index < -0.39 is 0 Å². The summed E-state index contributed by atoms with van der Waals surface area (Å²) in [6, 6.07) is 0. The Balaban J connectivity index is 1.90. The number of carbonyl (C=O) groups excluding carboxylic acids is 1. The highest BCUT2D eigenvalue weighted by molar-refractivity contribution is 7.17. The van der Waals surface area contributed by atoms with E-state index in [0.717, 1.165) is 6.54 Å². The van der Waals surface area contributed by atoms with Crippen LogP contribution >= 0.6 is 11.3 Å². The summed E-state index contributed by atoms with van der Waals surface area (Å²) in [6.45, 7) is 2.97. The number of aromatic nitrogens is 5. The fraction of sp³-hybridized carbons (Fsp3) is 0.444. The van der Waals surface area contributed by atoms with E-state index in [1.54, 1.807) is 18.1 Å². The standard InChI is InChI=1S/C9H13N7OS/c1-3-10-9-14-13-8(18-9)7(17)11-4-6-12-5-16(2)15-6/h5H,3-4H2,1-2H3,(H,10,14)(H,11,17). The third-order valence-corrected chi connectivity index (χ3v) is 2.88. The lowest BCUT2D eigenvalue weighted by atomic mass is 10.5. The summed E-state index contributed by atoms with van der Waals surface area (Å²) in [5.41, 5.74) is 0. The first-order chi connectivity index (χ1) is 8.69. The number of amides is 1. The summed E-state index contributed by atoms with van der Waals surface area (Å²) < 4.78 is 1.58. The lowest BCUT2D eigenvalue weighted by Crippen LogP contribution is -2.23. The van der Waals surface area contributed by atoms with E-state index in [1.165, 1.54) is 11.3 Å². The molecule has 0 radical (unpaired) electrons. The Morgan fingerprint density at radius 1 is 1.50 bits per heavy atom. The quantitative estimate of drug-likeness (QED) is 0.793. The zero-order chi connectivity index (χ0) is 13.0. The lowest BCUT2D eigenvalue weighted by Gasteiger charge is -1.97. The fourth-order valence-corrected chi connectivity index (χ4v) is 1.97. The minimum atomic E-state index is -0.274. The fourth-order valence-electron chi connectivity index (χ4n) is 1.24. The first kappa shape index (κ1) is 12.4. The minimum absolute atomic E-state index is 0.274. The molecule has 0 aliphatic heterocycles. The molecule has 1 amide bonds. The van der Waals surface area contributed by atoms with Crippen LogP contribution in [0, 0.1) is 0 Å². The number of rotatable bonds is 5. The molecule has 0 spiro atoms. The lowest BCUT2D eigenvalue weighted by molar-refractivity contribution is 0.0948. The largest absolute Gasteiger partial charge is 0.360 e. The molecular formula is C9H13N7OS. The third-order valence-electron chi connectivity index (χ3n) is 2.00. The number of nitrogens with zero attached hydrogens (tertiary/aromatic N) is 5. The van der Waals surface area contributed by atoms with Crippen LogP contribution in [0.5, 0.6) is 0 Å². The van der Waals surface area contributed by atoms with Gasteiger partial charge in [0, 0.05) is 13.6 Å². The van der Waals surface area contributed by atoms with Gasteiger partial charge >= 0.3 is 0 Å². The van der Waals surface area contributed by atoms with Gasteiger partial charge in [-0.15, -0.1) is 10.2 Å². The zero-order valence-electron chi connectivity index (χ0n) is 10.0. The summed E-state index contributed by atoms with van der Waals surface area (Å²) in [6.07, 6.45) is 1.58. The maximum atomic E-state index is 11.7. The van der Waals surface area contributed by atoms with Gasteiger partial charge in [0.05, 0.1) is 6.54 Å². The molecule has 0 bridgehead atoms. The Morgan fingerprint density at radius 3 is 3.00 bits per heavy atom. The number of hydrogen-bond acceptors (Lipinski definition) is 7. The molecule has 18 heavy (non-hydrogen) atoms. The van der Waals surface area contributed by atoms with Crippen molar-refractivity contribution < 1.29 is 4.79 Å². The average molecular weight is 267 g/mol. The molecule has 0 aromatic carbocycles. The van der Waals surface area contributed by atoms with Crippen molar-refractivity contribution >= 4 is 22.4 Å². The predicted molar refractivity (Wildman–Crippen MR) is 66.2 cm³/mol. The highest BCUT2D eigenvalue weighted by atomic mass is 32.1. The van der Waals surface area contributed by atoms with E-state index in [0.29, 0.717) is 16.0 Å². The first-order valence-corrected chi connectivity index (χ1v) is 6.20. The maximum absolute atomic E-state index is 11.7. The second-order valence-corrected chi connectivity index (χ2v) is 4.44. The predicted octanol–water partition coefficient (Wildman–Crippen LogP) is 0.0284. The molecule has 0 saturated heterocycles. The van der Waals surface area contributed by atoms with E-state index >= 15 is 0 Å². The van der Waals surface area contributed by atoms with Crippen LogP contribution in [0.2, 0.25) is 0 Å². The Kier molecular flexibility index (Phi) is 3.82. The van der Waals surface area contributed by atoms with Crippen LogP contribution in [0.3, 0.4) is 0 Å². The van der Waals surface area contributed by atoms with Gasteiger partial charge in [0.1, 0.15) is 6.33 Å². The van der Waals surface area contributed by atoms with Gasteiger partial charge in [-0.05, 0) is 6.92 Å². The second kappa shape index (κ2) is 5.54. The molecule has 9 heteroatoms. The van der Waals surface area contributed by atoms with E-state index in [1.807, 2.05) is 6.92 Å². The third kappa shape index (κ3) is 3.00. The van der Waals surface area contributed by atoms with Crippen LogP contribution in [0.15, 0.2) is 6.33 Å². The number of nitrogens with one attached hydrogen (secondary N) is 2. The number of aryl methyl sites for hydroxylation is 1. The van der Waals surface area contributed by atoms with Gasteiger partial charge in [-0.3, -0.25) is 9.48 Å². The second-order valence-electron chi connectivity index (χ2n) is 3.46. The molecular weight excluding hydrogens is 254 g/mol. The molecule has 0 unspecified atom stereocenters. The Labute approximate surface area is 107 Å². The van der Waals surface area contributed by atoms with Gasteiger partial charge in [-0.2, -0.15) is 5.10 Å². The van der Waals surface area contributed by atoms with Gasteiger partial charge in [0.15, 0.2) is 5.82 Å². The van der Waals surface area contributed by atoms with Crippen LogP contribution in [0.1, 0.15) is 22.6 Å². The molecule has 0 aliphatic carbocycles. The van der Waals surface area contributed by atoms with Crippen molar-refractivity contribution in [1.29, 1.82) is 0 Å². The van der Waals surface area contributed by atoms with E-state index in [-0.39, 0.29) is 12.5 Å². The highest BCUT2D eigenvalue weighted by Crippen LogP contribution is 2.14. The van der Waals surface area contributed by atoms with Crippen molar-refractivity contribution in [3.63, 3.8) is 0 Å². The van der Waals surface area contributed by atoms with Gasteiger partial charge < -0.3 is 10.6 Å². The van der Waals surface area contributed by atoms with Crippen molar-refractivity contribution in [2.75, 3.05) is 11.9 Å². The maximum Gasteiger partial charge on any atom is 0.282 e. The Bertz CT molecular complexity index is 535. The van der Waals surface area contributed by atoms with Crippen LogP contribution in [-0.4, -0.2) is 37.4 Å². The van der Waals surface area contributed by atoms with Crippen molar-refractivity contribution in [2.45, 2.75) is 13.5 Å². The Hall–Kier alpha value is -2.03. The number of carbonyl (C=O) groups is 1. The average Bonchev–Trinajstić information content (AvgIpc) is 2.96. The first-order valence-electron chi connectivity index (χ1n) is 5.39. The van der Waals surface area contributed by atoms with Crippen molar-refractivity contribution in [3.05, 3.63) is 17.2 Å². The van der Waals surface area contributed by atoms with Gasteiger partial charge in [-0.25, -0.2) is 4.98 Å². The molecule has 2 heterocycles. The molecule has 2 aromatic heterocycles. The summed E-state index contributed by atoms with van der Waals surface area (Å²) in [5, 5.41) is 18.3. The summed E-state index contributed by atoms with van der Waals surface area (Å²) in [7, 11) is 1.77. The zero-order valence-corrected chi connectivity index (χ0v) is 10.9. The van der Waals surface area contributed by atoms with Crippen molar-refractivity contribution in [3.8, 4) is 0 Å². The van der Waals surface area contributed by atoms with E-state index in [9.17, 15) is 4.79 Å². The Morgan fingerprint density at radius 2 is 2.33 bits per heavy atom. The topological polar surface area (TPSA) is 97.6 Å². The molecule has 2 N–H and O–H groups in total. The number of anilines is 1. The monoisotopic (exact) mass is 267 g/mol. The van der Waals surface area contributed by atoms with Gasteiger partial charge in [0.25, 0.3) is 5.91 Å². The number of hydrogen-bond donors (Lipinski definition) is 2. The summed E-state index contributed by atoms with van der Waals surface area (Å²) in [4.78, 5) is 15.8. The van der Waals surface area contributed by atoms with Crippen LogP contribution in [-0.2, 0) is 13.6 Å². The van der Waals surface area contributed by atoms with Gasteiger partial charge in [-0.1, -0.05) is 11.3 Å². The highest BCUT2D eigenvalue weighted by Gasteiger charge is 2.12. The van der Waals surface area contributed by atoms with E-state index in [2.05, 4.69) is 30.9 Å². The van der Waals surface area contributed by atoms with Crippen LogP contribution in [0.25, 0.3) is 0 Å². The SMILES string of the molecule is CCNc1nnc(C(=O)NCc2ncn(C)n2)s1. The van der Waals surface area contributed by atoms with Crippen LogP contribution < -0.4 is 10.6 Å². The molecule has 0 aliphatic rings. The normalized spacial score (nSPS) is 10.3. The smallest absolute Gasteiger partial charge is 0.282 e. The van der Waals surface area contributed by atoms with Crippen molar-refractivity contribution in [2.24, 2.45) is 7.05 Å². The van der Waals surface area contributed by atoms with Crippen molar-refractivity contribution in [1.82, 2.24) is 30.3 Å². The molecule has 0 atom stereocenters. The molecule has 96 valence electrons. The molecule has 2 aromatic rings. The van der Waals surface area contributed by atoms with Crippen LogP contribution in [0.4, 0.5) is 5.13 Å². The summed E-state index contributed by atoms with van der Waals surface area (Å²) >= 11 is 1.21. The van der Waals surface area contributed by atoms with Gasteiger partial charge in [0.2, 0.25) is 10.1 Å².